The minimum Gasteiger partial charge on any atom is -0.371 e. The summed E-state index contributed by atoms with van der Waals surface area (Å²) in [4.78, 5) is 2.52. The summed E-state index contributed by atoms with van der Waals surface area (Å²) in [6.07, 6.45) is 1.32. The zero-order chi connectivity index (χ0) is 12.3. The Morgan fingerprint density at radius 2 is 2.29 bits per heavy atom. The van der Waals surface area contributed by atoms with Gasteiger partial charge in [0.25, 0.3) is 0 Å². The molecule has 1 aromatic carbocycles. The van der Waals surface area contributed by atoms with Gasteiger partial charge in [-0.1, -0.05) is 29.8 Å². The zero-order valence-electron chi connectivity index (χ0n) is 10.7. The Labute approximate surface area is 113 Å². The van der Waals surface area contributed by atoms with Crippen LogP contribution in [0.3, 0.4) is 0 Å². The Hall–Kier alpha value is -0.540. The first kappa shape index (κ1) is 12.9. The topological polar surface area (TPSA) is 15.3 Å². The SMILES string of the molecule is CCNCc1cc(Br)ccc1N1CCC(C)C1. The van der Waals surface area contributed by atoms with Gasteiger partial charge in [0.1, 0.15) is 0 Å². The highest BCUT2D eigenvalue weighted by Gasteiger charge is 2.20. The van der Waals surface area contributed by atoms with E-state index in [-0.39, 0.29) is 0 Å². The molecule has 1 unspecified atom stereocenters. The fraction of sp³-hybridized carbons (Fsp3) is 0.571. The normalized spacial score (nSPS) is 19.9. The number of rotatable bonds is 4. The van der Waals surface area contributed by atoms with Crippen molar-refractivity contribution < 1.29 is 0 Å². The molecule has 0 aliphatic carbocycles. The van der Waals surface area contributed by atoms with Crippen molar-refractivity contribution in [3.63, 3.8) is 0 Å². The molecule has 0 saturated carbocycles. The van der Waals surface area contributed by atoms with Crippen molar-refractivity contribution in [2.45, 2.75) is 26.8 Å². The van der Waals surface area contributed by atoms with Crippen LogP contribution in [0.25, 0.3) is 0 Å². The van der Waals surface area contributed by atoms with Crippen LogP contribution < -0.4 is 10.2 Å². The third-order valence-electron chi connectivity index (χ3n) is 3.37. The summed E-state index contributed by atoms with van der Waals surface area (Å²) in [6.45, 7) is 8.85. The summed E-state index contributed by atoms with van der Waals surface area (Å²) in [5.41, 5.74) is 2.80. The first-order valence-corrected chi connectivity index (χ1v) is 7.24. The number of halogens is 1. The maximum Gasteiger partial charge on any atom is 0.0412 e. The molecule has 1 aliphatic heterocycles. The summed E-state index contributed by atoms with van der Waals surface area (Å²) in [5, 5.41) is 3.42. The van der Waals surface area contributed by atoms with Crippen molar-refractivity contribution >= 4 is 21.6 Å². The first-order valence-electron chi connectivity index (χ1n) is 6.44. The van der Waals surface area contributed by atoms with E-state index >= 15 is 0 Å². The van der Waals surface area contributed by atoms with E-state index in [1.165, 1.54) is 35.2 Å². The van der Waals surface area contributed by atoms with Gasteiger partial charge in [-0.15, -0.1) is 0 Å². The van der Waals surface area contributed by atoms with Gasteiger partial charge in [-0.2, -0.15) is 0 Å². The molecule has 1 atom stereocenters. The lowest BCUT2D eigenvalue weighted by Crippen LogP contribution is -2.22. The molecular weight excluding hydrogens is 276 g/mol. The number of hydrogen-bond donors (Lipinski definition) is 1. The summed E-state index contributed by atoms with van der Waals surface area (Å²) in [5.74, 6) is 0.825. The second kappa shape index (κ2) is 5.87. The van der Waals surface area contributed by atoms with E-state index in [1.807, 2.05) is 0 Å². The van der Waals surface area contributed by atoms with Crippen molar-refractivity contribution in [3.8, 4) is 0 Å². The van der Waals surface area contributed by atoms with E-state index in [1.54, 1.807) is 0 Å². The molecule has 1 fully saturated rings. The lowest BCUT2D eigenvalue weighted by molar-refractivity contribution is 0.658. The molecule has 0 aromatic heterocycles. The van der Waals surface area contributed by atoms with Crippen molar-refractivity contribution in [2.75, 3.05) is 24.5 Å². The smallest absolute Gasteiger partial charge is 0.0412 e. The molecule has 0 amide bonds. The van der Waals surface area contributed by atoms with Crippen LogP contribution >= 0.6 is 15.9 Å². The minimum atomic E-state index is 0.825. The van der Waals surface area contributed by atoms with Gasteiger partial charge in [0.2, 0.25) is 0 Å². The highest BCUT2D eigenvalue weighted by Crippen LogP contribution is 2.29. The highest BCUT2D eigenvalue weighted by molar-refractivity contribution is 9.10. The van der Waals surface area contributed by atoms with E-state index in [4.69, 9.17) is 0 Å². The van der Waals surface area contributed by atoms with Crippen LogP contribution in [0.4, 0.5) is 5.69 Å². The number of nitrogens with zero attached hydrogens (tertiary/aromatic N) is 1. The Morgan fingerprint density at radius 1 is 1.47 bits per heavy atom. The van der Waals surface area contributed by atoms with Gasteiger partial charge < -0.3 is 10.2 Å². The molecule has 2 nitrogen and oxygen atoms in total. The van der Waals surface area contributed by atoms with Gasteiger partial charge in [-0.25, -0.2) is 0 Å². The Balaban J connectivity index is 2.19. The molecule has 1 heterocycles. The molecular formula is C14H21BrN2. The molecule has 1 N–H and O–H groups in total. The van der Waals surface area contributed by atoms with Crippen LogP contribution in [0.5, 0.6) is 0 Å². The van der Waals surface area contributed by atoms with Crippen LogP contribution in [-0.4, -0.2) is 19.6 Å². The number of anilines is 1. The van der Waals surface area contributed by atoms with Crippen LogP contribution in [0, 0.1) is 5.92 Å². The monoisotopic (exact) mass is 296 g/mol. The summed E-state index contributed by atoms with van der Waals surface area (Å²) in [6, 6.07) is 6.63. The van der Waals surface area contributed by atoms with Crippen LogP contribution in [-0.2, 0) is 6.54 Å². The zero-order valence-corrected chi connectivity index (χ0v) is 12.3. The van der Waals surface area contributed by atoms with E-state index in [0.29, 0.717) is 0 Å². The maximum atomic E-state index is 3.56. The summed E-state index contributed by atoms with van der Waals surface area (Å²) >= 11 is 3.56. The molecule has 94 valence electrons. The fourth-order valence-corrected chi connectivity index (χ4v) is 2.83. The molecule has 0 radical (unpaired) electrons. The van der Waals surface area contributed by atoms with E-state index < -0.39 is 0 Å². The van der Waals surface area contributed by atoms with E-state index in [0.717, 1.165) is 19.0 Å². The predicted molar refractivity (Wildman–Crippen MR) is 77.5 cm³/mol. The number of hydrogen-bond acceptors (Lipinski definition) is 2. The van der Waals surface area contributed by atoms with Gasteiger partial charge in [0, 0.05) is 29.8 Å². The average Bonchev–Trinajstić information content (AvgIpc) is 2.73. The largest absolute Gasteiger partial charge is 0.371 e. The Bertz CT molecular complexity index is 378. The van der Waals surface area contributed by atoms with Crippen molar-refractivity contribution in [1.29, 1.82) is 0 Å². The quantitative estimate of drug-likeness (QED) is 0.916. The Morgan fingerprint density at radius 3 is 2.94 bits per heavy atom. The maximum absolute atomic E-state index is 3.56. The molecule has 3 heteroatoms. The molecule has 1 aromatic rings. The van der Waals surface area contributed by atoms with Crippen molar-refractivity contribution in [1.82, 2.24) is 5.32 Å². The van der Waals surface area contributed by atoms with E-state index in [9.17, 15) is 0 Å². The van der Waals surface area contributed by atoms with Gasteiger partial charge in [0.05, 0.1) is 0 Å². The molecule has 1 aliphatic rings. The van der Waals surface area contributed by atoms with Crippen molar-refractivity contribution in [2.24, 2.45) is 5.92 Å². The third kappa shape index (κ3) is 3.23. The molecule has 17 heavy (non-hydrogen) atoms. The molecule has 1 saturated heterocycles. The minimum absolute atomic E-state index is 0.825. The summed E-state index contributed by atoms with van der Waals surface area (Å²) in [7, 11) is 0. The summed E-state index contributed by atoms with van der Waals surface area (Å²) < 4.78 is 1.17. The molecule has 0 bridgehead atoms. The number of benzene rings is 1. The molecule has 2 rings (SSSR count). The van der Waals surface area contributed by atoms with Gasteiger partial charge in [-0.3, -0.25) is 0 Å². The number of nitrogens with one attached hydrogen (secondary N) is 1. The van der Waals surface area contributed by atoms with Gasteiger partial charge >= 0.3 is 0 Å². The van der Waals surface area contributed by atoms with Gasteiger partial charge in [0.15, 0.2) is 0 Å². The lowest BCUT2D eigenvalue weighted by atomic mass is 10.1. The second-order valence-corrected chi connectivity index (χ2v) is 5.81. The second-order valence-electron chi connectivity index (χ2n) is 4.89. The van der Waals surface area contributed by atoms with Crippen molar-refractivity contribution in [3.05, 3.63) is 28.2 Å². The average molecular weight is 297 g/mol. The predicted octanol–water partition coefficient (Wildman–Crippen LogP) is 3.40. The Kier molecular flexibility index (Phi) is 4.46. The van der Waals surface area contributed by atoms with Gasteiger partial charge in [-0.05, 0) is 42.6 Å². The fourth-order valence-electron chi connectivity index (χ4n) is 2.42. The van der Waals surface area contributed by atoms with Crippen LogP contribution in [0.1, 0.15) is 25.8 Å². The van der Waals surface area contributed by atoms with Crippen LogP contribution in [0.15, 0.2) is 22.7 Å². The first-order chi connectivity index (χ1) is 8.20. The van der Waals surface area contributed by atoms with Crippen LogP contribution in [0.2, 0.25) is 0 Å². The molecule has 0 spiro atoms. The highest BCUT2D eigenvalue weighted by atomic mass is 79.9. The standard InChI is InChI=1S/C14H21BrN2/c1-3-16-9-12-8-13(15)4-5-14(12)17-7-6-11(2)10-17/h4-5,8,11,16H,3,6-7,9-10H2,1-2H3. The van der Waals surface area contributed by atoms with E-state index in [2.05, 4.69) is 58.2 Å². The lowest BCUT2D eigenvalue weighted by Gasteiger charge is -2.22. The third-order valence-corrected chi connectivity index (χ3v) is 3.86.